The van der Waals surface area contributed by atoms with Gasteiger partial charge < -0.3 is 9.47 Å². The molecule has 0 radical (unpaired) electrons. The molecule has 0 aliphatic heterocycles. The average Bonchev–Trinajstić information content (AvgIpc) is 3.05. The van der Waals surface area contributed by atoms with Gasteiger partial charge in [0.25, 0.3) is 0 Å². The average molecular weight is 759 g/mol. The Bertz CT molecular complexity index is 1690. The van der Waals surface area contributed by atoms with Crippen molar-refractivity contribution in [3.8, 4) is 0 Å². The van der Waals surface area contributed by atoms with Crippen molar-refractivity contribution in [1.29, 1.82) is 0 Å². The smallest absolute Gasteiger partial charge is 0.434 e. The van der Waals surface area contributed by atoms with E-state index in [9.17, 15) is 24.0 Å². The van der Waals surface area contributed by atoms with Crippen molar-refractivity contribution in [3.63, 3.8) is 0 Å². The second kappa shape index (κ2) is 19.5. The maximum Gasteiger partial charge on any atom is 0.434 e. The molecule has 1 heterocycles. The molecule has 0 aliphatic rings. The zero-order valence-corrected chi connectivity index (χ0v) is 30.4. The molecule has 0 saturated carbocycles. The number of carbonyl (C=O) groups excluding carboxylic acids is 2. The highest BCUT2D eigenvalue weighted by Gasteiger charge is 2.26. The van der Waals surface area contributed by atoms with Gasteiger partial charge in [0.1, 0.15) is 25.4 Å². The lowest BCUT2D eigenvalue weighted by atomic mass is 10.2. The summed E-state index contributed by atoms with van der Waals surface area (Å²) in [4.78, 5) is 77.3. The molecule has 2 aromatic carbocycles. The zero-order valence-electron chi connectivity index (χ0n) is 28.1. The summed E-state index contributed by atoms with van der Waals surface area (Å²) in [6, 6.07) is 18.4. The van der Waals surface area contributed by atoms with Gasteiger partial charge in [0.2, 0.25) is 3.79 Å². The van der Waals surface area contributed by atoms with Crippen LogP contribution in [0.1, 0.15) is 57.6 Å². The SMILES string of the molecule is CC(C)(C)OC(=O)N(CCCCn1c(=O)[nH]c(=O)n(CCCCN(OCc2ccccc2)C(=O)OCC(Cl)(Cl)Cl)c1=O)OCc1ccccc1. The van der Waals surface area contributed by atoms with E-state index < -0.39 is 45.3 Å². The zero-order chi connectivity index (χ0) is 36.7. The van der Waals surface area contributed by atoms with E-state index in [-0.39, 0.29) is 52.2 Å². The Morgan fingerprint density at radius 2 is 1.14 bits per heavy atom. The van der Waals surface area contributed by atoms with Crippen molar-refractivity contribution >= 4 is 47.0 Å². The molecule has 0 fully saturated rings. The maximum absolute atomic E-state index is 13.2. The Morgan fingerprint density at radius 3 is 1.56 bits per heavy atom. The van der Waals surface area contributed by atoms with E-state index >= 15 is 0 Å². The van der Waals surface area contributed by atoms with Gasteiger partial charge in [0.05, 0.1) is 13.1 Å². The van der Waals surface area contributed by atoms with Gasteiger partial charge in [0, 0.05) is 13.1 Å². The second-order valence-electron chi connectivity index (χ2n) is 12.1. The summed E-state index contributed by atoms with van der Waals surface area (Å²) < 4.78 is 10.5. The van der Waals surface area contributed by atoms with Crippen LogP contribution in [0.15, 0.2) is 75.0 Å². The number of nitrogens with zero attached hydrogens (tertiary/aromatic N) is 4. The summed E-state index contributed by atoms with van der Waals surface area (Å²) in [7, 11) is 0. The molecule has 14 nitrogen and oxygen atoms in total. The number of unbranched alkanes of at least 4 members (excludes halogenated alkanes) is 2. The second-order valence-corrected chi connectivity index (χ2v) is 14.6. The summed E-state index contributed by atoms with van der Waals surface area (Å²) >= 11 is 17.1. The van der Waals surface area contributed by atoms with E-state index in [1.807, 2.05) is 60.7 Å². The molecular weight excluding hydrogens is 717 g/mol. The summed E-state index contributed by atoms with van der Waals surface area (Å²) in [5.41, 5.74) is -1.60. The highest BCUT2D eigenvalue weighted by Crippen LogP contribution is 2.26. The van der Waals surface area contributed by atoms with E-state index in [0.717, 1.165) is 30.4 Å². The minimum atomic E-state index is -1.82. The number of H-pyrrole nitrogens is 1. The molecule has 0 atom stereocenters. The van der Waals surface area contributed by atoms with Gasteiger partial charge in [-0.1, -0.05) is 95.5 Å². The first-order valence-corrected chi connectivity index (χ1v) is 17.1. The number of hydrogen-bond acceptors (Lipinski definition) is 9. The van der Waals surface area contributed by atoms with Crippen LogP contribution in [-0.2, 0) is 45.5 Å². The third kappa shape index (κ3) is 14.6. The van der Waals surface area contributed by atoms with Crippen LogP contribution in [0.5, 0.6) is 0 Å². The lowest BCUT2D eigenvalue weighted by Gasteiger charge is -2.26. The highest BCUT2D eigenvalue weighted by molar-refractivity contribution is 6.67. The van der Waals surface area contributed by atoms with Gasteiger partial charge in [-0.25, -0.2) is 33.1 Å². The molecule has 0 aliphatic carbocycles. The van der Waals surface area contributed by atoms with Crippen molar-refractivity contribution in [2.24, 2.45) is 0 Å². The Morgan fingerprint density at radius 1 is 0.700 bits per heavy atom. The summed E-state index contributed by atoms with van der Waals surface area (Å²) in [6.07, 6.45) is -0.350. The first-order chi connectivity index (χ1) is 23.6. The van der Waals surface area contributed by atoms with Crippen molar-refractivity contribution in [2.45, 2.75) is 82.2 Å². The van der Waals surface area contributed by atoms with Crippen LogP contribution < -0.4 is 17.1 Å². The van der Waals surface area contributed by atoms with Crippen LogP contribution >= 0.6 is 34.8 Å². The van der Waals surface area contributed by atoms with Gasteiger partial charge in [0.15, 0.2) is 0 Å². The fourth-order valence-corrected chi connectivity index (χ4v) is 4.55. The molecule has 0 spiro atoms. The molecular formula is C33H42Cl3N5O9. The molecule has 50 heavy (non-hydrogen) atoms. The number of aromatic nitrogens is 3. The summed E-state index contributed by atoms with van der Waals surface area (Å²) in [5.74, 6) is 0. The van der Waals surface area contributed by atoms with Gasteiger partial charge in [-0.3, -0.25) is 14.7 Å². The number of alkyl halides is 3. The molecule has 3 rings (SSSR count). The van der Waals surface area contributed by atoms with Crippen LogP contribution in [0.2, 0.25) is 0 Å². The van der Waals surface area contributed by atoms with Gasteiger partial charge in [-0.15, -0.1) is 0 Å². The Balaban J connectivity index is 1.59. The van der Waals surface area contributed by atoms with Crippen molar-refractivity contribution < 1.29 is 28.7 Å². The lowest BCUT2D eigenvalue weighted by Crippen LogP contribution is -2.49. The molecule has 1 N–H and O–H groups in total. The minimum absolute atomic E-state index is 0.0224. The number of benzene rings is 2. The number of amides is 2. The Hall–Kier alpha value is -3.82. The Labute approximate surface area is 304 Å². The van der Waals surface area contributed by atoms with Crippen molar-refractivity contribution in [2.75, 3.05) is 19.7 Å². The molecule has 274 valence electrons. The largest absolute Gasteiger partial charge is 0.443 e. The monoisotopic (exact) mass is 757 g/mol. The normalized spacial score (nSPS) is 11.6. The fraction of sp³-hybridized carbons (Fsp3) is 0.485. The molecule has 2 amide bonds. The predicted octanol–water partition coefficient (Wildman–Crippen LogP) is 5.57. The van der Waals surface area contributed by atoms with Crippen LogP contribution in [-0.4, -0.2) is 65.5 Å². The van der Waals surface area contributed by atoms with Crippen LogP contribution in [0.25, 0.3) is 0 Å². The van der Waals surface area contributed by atoms with Crippen molar-refractivity contribution in [1.82, 2.24) is 24.2 Å². The lowest BCUT2D eigenvalue weighted by molar-refractivity contribution is -0.156. The van der Waals surface area contributed by atoms with E-state index in [2.05, 4.69) is 4.98 Å². The van der Waals surface area contributed by atoms with Gasteiger partial charge in [-0.2, -0.15) is 10.1 Å². The molecule has 3 aromatic rings. The third-order valence-corrected chi connectivity index (χ3v) is 7.10. The minimum Gasteiger partial charge on any atom is -0.443 e. The first-order valence-electron chi connectivity index (χ1n) is 15.9. The number of nitrogens with one attached hydrogen (secondary N) is 1. The standard InChI is InChI=1S/C33H42Cl3N5O9/c1-32(2,3)50-31(46)41(49-23-26-16-8-5-9-17-26)21-13-11-19-39-28(43)37-27(42)38(29(39)44)18-10-12-20-40(30(45)47-24-33(34,35)36)48-22-25-14-6-4-7-15-25/h4-9,14-17H,10-13,18-24H2,1-3H3,(H,37,42,43). The summed E-state index contributed by atoms with van der Waals surface area (Å²) in [6.45, 7) is 4.99. The number of hydroxylamine groups is 4. The fourth-order valence-electron chi connectivity index (χ4n) is 4.39. The number of aromatic amines is 1. The van der Waals surface area contributed by atoms with Crippen LogP contribution in [0, 0.1) is 0 Å². The van der Waals surface area contributed by atoms with Gasteiger partial charge in [-0.05, 0) is 57.6 Å². The third-order valence-electron chi connectivity index (χ3n) is 6.77. The molecule has 0 unspecified atom stereocenters. The molecule has 0 bridgehead atoms. The van der Waals surface area contributed by atoms with E-state index in [4.69, 9.17) is 54.0 Å². The number of halogens is 3. The molecule has 1 aromatic heterocycles. The maximum atomic E-state index is 13.2. The number of carbonyl (C=O) groups is 2. The van der Waals surface area contributed by atoms with E-state index in [0.29, 0.717) is 12.8 Å². The number of ether oxygens (including phenoxy) is 2. The quantitative estimate of drug-likeness (QED) is 0.106. The number of rotatable bonds is 17. The Kier molecular flexibility index (Phi) is 15.9. The summed E-state index contributed by atoms with van der Waals surface area (Å²) in [5, 5.41) is 2.09. The molecule has 0 saturated heterocycles. The van der Waals surface area contributed by atoms with Crippen LogP contribution in [0.4, 0.5) is 9.59 Å². The van der Waals surface area contributed by atoms with Gasteiger partial charge >= 0.3 is 29.3 Å². The highest BCUT2D eigenvalue weighted by atomic mass is 35.6. The van der Waals surface area contributed by atoms with Crippen molar-refractivity contribution in [3.05, 3.63) is 103 Å². The topological polar surface area (TPSA) is 154 Å². The predicted molar refractivity (Wildman–Crippen MR) is 188 cm³/mol. The van der Waals surface area contributed by atoms with E-state index in [1.165, 1.54) is 0 Å². The molecule has 17 heteroatoms. The first kappa shape index (κ1) is 40.6. The van der Waals surface area contributed by atoms with E-state index in [1.54, 1.807) is 20.8 Å². The van der Waals surface area contributed by atoms with Crippen LogP contribution in [0.3, 0.4) is 0 Å². The number of hydrogen-bond donors (Lipinski definition) is 1.